The summed E-state index contributed by atoms with van der Waals surface area (Å²) in [6.07, 6.45) is 1.55. The highest BCUT2D eigenvalue weighted by Crippen LogP contribution is 2.27. The van der Waals surface area contributed by atoms with Crippen LogP contribution in [0.15, 0.2) is 51.6 Å². The van der Waals surface area contributed by atoms with Crippen LogP contribution in [0, 0.1) is 5.82 Å². The molecule has 1 aromatic carbocycles. The third-order valence-electron chi connectivity index (χ3n) is 4.19. The number of rotatable bonds is 5. The van der Waals surface area contributed by atoms with Gasteiger partial charge in [-0.05, 0) is 24.3 Å². The fourth-order valence-corrected chi connectivity index (χ4v) is 2.72. The van der Waals surface area contributed by atoms with E-state index in [1.165, 1.54) is 12.1 Å². The molecule has 1 saturated heterocycles. The number of hydrogen-bond acceptors (Lipinski definition) is 8. The summed E-state index contributed by atoms with van der Waals surface area (Å²) in [5.74, 6) is -2.79. The van der Waals surface area contributed by atoms with E-state index in [-0.39, 0.29) is 24.1 Å². The van der Waals surface area contributed by atoms with Crippen molar-refractivity contribution in [2.45, 2.75) is 5.92 Å². The van der Waals surface area contributed by atoms with Crippen molar-refractivity contribution in [3.05, 3.63) is 54.4 Å². The fraction of sp³-hybridized carbons (Fsp3) is 0.211. The molecule has 0 aliphatic carbocycles. The van der Waals surface area contributed by atoms with Crippen molar-refractivity contribution in [3.8, 4) is 11.6 Å². The second-order valence-corrected chi connectivity index (χ2v) is 6.46. The maximum Gasteiger partial charge on any atom is 0.414 e. The van der Waals surface area contributed by atoms with E-state index in [4.69, 9.17) is 28.7 Å². The van der Waals surface area contributed by atoms with Crippen LogP contribution < -0.4 is 5.32 Å². The van der Waals surface area contributed by atoms with Crippen molar-refractivity contribution in [3.63, 3.8) is 0 Å². The van der Waals surface area contributed by atoms with E-state index >= 15 is 0 Å². The number of amides is 1. The number of likely N-dealkylation sites (tertiary alicyclic amines) is 1. The molecule has 3 aromatic rings. The zero-order valence-corrected chi connectivity index (χ0v) is 15.9. The number of aromatic nitrogens is 2. The number of aliphatic carboxylic acids is 2. The Hall–Kier alpha value is -4.06. The molecule has 0 unspecified atom stereocenters. The first-order valence-corrected chi connectivity index (χ1v) is 8.94. The largest absolute Gasteiger partial charge is 0.473 e. The van der Waals surface area contributed by atoms with Crippen LogP contribution in [0.1, 0.15) is 11.8 Å². The van der Waals surface area contributed by atoms with E-state index in [2.05, 4.69) is 15.5 Å². The predicted octanol–water partition coefficient (Wildman–Crippen LogP) is 1.66. The minimum atomic E-state index is -1.82. The Kier molecular flexibility index (Phi) is 6.72. The number of anilines is 1. The monoisotopic (exact) mass is 432 g/mol. The minimum Gasteiger partial charge on any atom is -0.473 e. The molecule has 31 heavy (non-hydrogen) atoms. The summed E-state index contributed by atoms with van der Waals surface area (Å²) in [6, 6.07) is 9.60. The molecule has 0 saturated carbocycles. The summed E-state index contributed by atoms with van der Waals surface area (Å²) in [5, 5.41) is 21.2. The first-order valence-electron chi connectivity index (χ1n) is 8.94. The van der Waals surface area contributed by atoms with Crippen molar-refractivity contribution in [2.75, 3.05) is 25.0 Å². The molecular weight excluding hydrogens is 415 g/mol. The van der Waals surface area contributed by atoms with Gasteiger partial charge in [-0.1, -0.05) is 17.3 Å². The van der Waals surface area contributed by atoms with Gasteiger partial charge in [0, 0.05) is 13.1 Å². The van der Waals surface area contributed by atoms with Crippen LogP contribution in [0.5, 0.6) is 0 Å². The van der Waals surface area contributed by atoms with Gasteiger partial charge in [-0.3, -0.25) is 9.69 Å². The molecule has 12 heteroatoms. The lowest BCUT2D eigenvalue weighted by molar-refractivity contribution is -0.159. The number of carbonyl (C=O) groups is 3. The molecule has 162 valence electrons. The molecule has 4 rings (SSSR count). The molecule has 0 bridgehead atoms. The Morgan fingerprint density at radius 1 is 1.13 bits per heavy atom. The van der Waals surface area contributed by atoms with Crippen molar-refractivity contribution in [2.24, 2.45) is 0 Å². The number of carboxylic acid groups (broad SMARTS) is 2. The standard InChI is InChI=1S/C17H15FN4O3.C2H2O4/c18-12-4-1-2-5-13(12)19-15(23)10-22-8-11(9-22)17-20-16(21-25-17)14-6-3-7-24-14;3-1(4)2(5)6/h1-7,11H,8-10H2,(H,19,23);(H,3,4)(H,5,6). The smallest absolute Gasteiger partial charge is 0.414 e. The Morgan fingerprint density at radius 3 is 2.45 bits per heavy atom. The van der Waals surface area contributed by atoms with Gasteiger partial charge in [-0.15, -0.1) is 0 Å². The second kappa shape index (κ2) is 9.63. The molecule has 1 aliphatic rings. The summed E-state index contributed by atoms with van der Waals surface area (Å²) in [5.41, 5.74) is 0.185. The van der Waals surface area contributed by atoms with Gasteiger partial charge in [-0.2, -0.15) is 4.98 Å². The highest BCUT2D eigenvalue weighted by molar-refractivity contribution is 6.27. The molecule has 1 fully saturated rings. The second-order valence-electron chi connectivity index (χ2n) is 6.46. The van der Waals surface area contributed by atoms with Crippen LogP contribution in [0.2, 0.25) is 0 Å². The predicted molar refractivity (Wildman–Crippen MR) is 101 cm³/mol. The molecule has 0 spiro atoms. The SMILES string of the molecule is O=C(CN1CC(c2nc(-c3ccco3)no2)C1)Nc1ccccc1F.O=C(O)C(=O)O. The molecule has 1 aliphatic heterocycles. The van der Waals surface area contributed by atoms with E-state index in [1.807, 2.05) is 4.90 Å². The third-order valence-corrected chi connectivity index (χ3v) is 4.19. The molecule has 3 N–H and O–H groups in total. The van der Waals surface area contributed by atoms with Crippen LogP contribution in [0.25, 0.3) is 11.6 Å². The van der Waals surface area contributed by atoms with Crippen molar-refractivity contribution in [1.29, 1.82) is 0 Å². The number of benzene rings is 1. The van der Waals surface area contributed by atoms with Crippen molar-refractivity contribution < 1.29 is 37.9 Å². The van der Waals surface area contributed by atoms with Gasteiger partial charge in [0.15, 0.2) is 5.76 Å². The van der Waals surface area contributed by atoms with Gasteiger partial charge in [0.2, 0.25) is 17.6 Å². The van der Waals surface area contributed by atoms with E-state index in [0.29, 0.717) is 30.6 Å². The molecule has 2 aromatic heterocycles. The van der Waals surface area contributed by atoms with Crippen LogP contribution in [-0.2, 0) is 14.4 Å². The number of hydrogen-bond donors (Lipinski definition) is 3. The number of nitrogens with zero attached hydrogens (tertiary/aromatic N) is 3. The Bertz CT molecular complexity index is 1050. The molecule has 1 amide bonds. The zero-order chi connectivity index (χ0) is 22.4. The molecule has 0 atom stereocenters. The molecule has 0 radical (unpaired) electrons. The van der Waals surface area contributed by atoms with Crippen LogP contribution in [-0.4, -0.2) is 62.7 Å². The molecular formula is C19H17FN4O7. The average molecular weight is 432 g/mol. The number of halogens is 1. The summed E-state index contributed by atoms with van der Waals surface area (Å²) in [7, 11) is 0. The third kappa shape index (κ3) is 5.73. The summed E-state index contributed by atoms with van der Waals surface area (Å²) >= 11 is 0. The Labute approximate surface area is 174 Å². The lowest BCUT2D eigenvalue weighted by atomic mass is 10.0. The van der Waals surface area contributed by atoms with Gasteiger partial charge in [0.25, 0.3) is 0 Å². The normalized spacial score (nSPS) is 13.6. The van der Waals surface area contributed by atoms with Crippen molar-refractivity contribution in [1.82, 2.24) is 15.0 Å². The minimum absolute atomic E-state index is 0.0810. The maximum absolute atomic E-state index is 13.5. The molecule has 11 nitrogen and oxygen atoms in total. The van der Waals surface area contributed by atoms with Gasteiger partial charge in [0.05, 0.1) is 24.4 Å². The quantitative estimate of drug-likeness (QED) is 0.506. The summed E-state index contributed by atoms with van der Waals surface area (Å²) in [6.45, 7) is 1.44. The highest BCUT2D eigenvalue weighted by Gasteiger charge is 2.33. The first-order chi connectivity index (χ1) is 14.8. The van der Waals surface area contributed by atoms with Gasteiger partial charge in [-0.25, -0.2) is 14.0 Å². The van der Waals surface area contributed by atoms with Crippen LogP contribution in [0.3, 0.4) is 0 Å². The van der Waals surface area contributed by atoms with Crippen LogP contribution in [0.4, 0.5) is 10.1 Å². The zero-order valence-electron chi connectivity index (χ0n) is 15.9. The first kappa shape index (κ1) is 21.6. The Morgan fingerprint density at radius 2 is 1.84 bits per heavy atom. The van der Waals surface area contributed by atoms with E-state index in [9.17, 15) is 9.18 Å². The number of para-hydroxylation sites is 1. The van der Waals surface area contributed by atoms with Gasteiger partial charge < -0.3 is 24.5 Å². The summed E-state index contributed by atoms with van der Waals surface area (Å²) < 4.78 is 24.0. The average Bonchev–Trinajstić information content (AvgIpc) is 3.38. The lowest BCUT2D eigenvalue weighted by Gasteiger charge is -2.36. The Balaban J connectivity index is 0.000000401. The number of furan rings is 1. The fourth-order valence-electron chi connectivity index (χ4n) is 2.72. The number of carboxylic acids is 2. The topological polar surface area (TPSA) is 159 Å². The van der Waals surface area contributed by atoms with Crippen molar-refractivity contribution >= 4 is 23.5 Å². The van der Waals surface area contributed by atoms with Crippen LogP contribution >= 0.6 is 0 Å². The van der Waals surface area contributed by atoms with E-state index in [0.717, 1.165) is 0 Å². The van der Waals surface area contributed by atoms with Gasteiger partial charge in [0.1, 0.15) is 5.82 Å². The lowest BCUT2D eigenvalue weighted by Crippen LogP contribution is -2.48. The molecule has 3 heterocycles. The van der Waals surface area contributed by atoms with E-state index < -0.39 is 17.8 Å². The number of nitrogens with one attached hydrogen (secondary N) is 1. The summed E-state index contributed by atoms with van der Waals surface area (Å²) in [4.78, 5) is 36.4. The number of carbonyl (C=O) groups excluding carboxylic acids is 1. The highest BCUT2D eigenvalue weighted by atomic mass is 19.1. The van der Waals surface area contributed by atoms with Gasteiger partial charge >= 0.3 is 11.9 Å². The maximum atomic E-state index is 13.5. The van der Waals surface area contributed by atoms with E-state index in [1.54, 1.807) is 30.5 Å².